The van der Waals surface area contributed by atoms with E-state index in [9.17, 15) is 0 Å². The second kappa shape index (κ2) is 6.55. The van der Waals surface area contributed by atoms with Gasteiger partial charge in [0.2, 0.25) is 0 Å². The van der Waals surface area contributed by atoms with Crippen molar-refractivity contribution in [3.05, 3.63) is 28.2 Å². The number of methoxy groups -OCH3 is 1. The van der Waals surface area contributed by atoms with Gasteiger partial charge in [0.25, 0.3) is 0 Å². The minimum atomic E-state index is 0.482. The van der Waals surface area contributed by atoms with Gasteiger partial charge in [-0.05, 0) is 29.7 Å². The lowest BCUT2D eigenvalue weighted by atomic mass is 9.99. The van der Waals surface area contributed by atoms with E-state index in [1.54, 1.807) is 7.11 Å². The molecule has 18 heavy (non-hydrogen) atoms. The average Bonchev–Trinajstić information content (AvgIpc) is 2.40. The van der Waals surface area contributed by atoms with E-state index in [-0.39, 0.29) is 0 Å². The first-order valence-corrected chi connectivity index (χ1v) is 7.26. The highest BCUT2D eigenvalue weighted by Gasteiger charge is 2.17. The molecule has 2 rings (SSSR count). The Balaban J connectivity index is 2.07. The van der Waals surface area contributed by atoms with Gasteiger partial charge in [-0.25, -0.2) is 0 Å². The van der Waals surface area contributed by atoms with Crippen LogP contribution in [-0.4, -0.2) is 44.7 Å². The second-order valence-corrected chi connectivity index (χ2v) is 5.75. The van der Waals surface area contributed by atoms with Crippen molar-refractivity contribution in [3.8, 4) is 5.75 Å². The van der Waals surface area contributed by atoms with Gasteiger partial charge in [-0.3, -0.25) is 0 Å². The zero-order valence-corrected chi connectivity index (χ0v) is 12.7. The van der Waals surface area contributed by atoms with Crippen LogP contribution in [0.2, 0.25) is 0 Å². The number of hydrogen-bond acceptors (Lipinski definition) is 3. The topological polar surface area (TPSA) is 24.5 Å². The molecular weight excluding hydrogens is 292 g/mol. The smallest absolute Gasteiger partial charge is 0.122 e. The van der Waals surface area contributed by atoms with Crippen molar-refractivity contribution in [2.75, 3.05) is 39.8 Å². The van der Waals surface area contributed by atoms with E-state index < -0.39 is 0 Å². The van der Waals surface area contributed by atoms with E-state index >= 15 is 0 Å². The maximum absolute atomic E-state index is 5.46. The molecule has 1 aromatic carbocycles. The SMILES string of the molecule is COc1ccc(Br)cc1C(C)CN1CCNCC1. The predicted molar refractivity (Wildman–Crippen MR) is 78.4 cm³/mol. The van der Waals surface area contributed by atoms with Crippen LogP contribution in [0.4, 0.5) is 0 Å². The molecule has 0 radical (unpaired) electrons. The molecule has 1 aliphatic heterocycles. The summed E-state index contributed by atoms with van der Waals surface area (Å²) in [5.41, 5.74) is 1.28. The number of rotatable bonds is 4. The highest BCUT2D eigenvalue weighted by Crippen LogP contribution is 2.30. The maximum Gasteiger partial charge on any atom is 0.122 e. The fraction of sp³-hybridized carbons (Fsp3) is 0.571. The minimum Gasteiger partial charge on any atom is -0.496 e. The van der Waals surface area contributed by atoms with Gasteiger partial charge in [0, 0.05) is 37.2 Å². The number of halogens is 1. The Kier molecular flexibility index (Phi) is 5.03. The molecule has 1 aliphatic rings. The number of ether oxygens (including phenoxy) is 1. The summed E-state index contributed by atoms with van der Waals surface area (Å²) >= 11 is 3.54. The molecule has 1 atom stereocenters. The highest BCUT2D eigenvalue weighted by molar-refractivity contribution is 9.10. The van der Waals surface area contributed by atoms with Crippen LogP contribution in [0, 0.1) is 0 Å². The lowest BCUT2D eigenvalue weighted by Crippen LogP contribution is -2.44. The minimum absolute atomic E-state index is 0.482. The van der Waals surface area contributed by atoms with Crippen LogP contribution >= 0.6 is 15.9 Å². The molecule has 0 amide bonds. The van der Waals surface area contributed by atoms with E-state index in [4.69, 9.17) is 4.74 Å². The van der Waals surface area contributed by atoms with Crippen molar-refractivity contribution in [1.82, 2.24) is 10.2 Å². The van der Waals surface area contributed by atoms with Crippen LogP contribution in [0.15, 0.2) is 22.7 Å². The molecule has 4 heteroatoms. The quantitative estimate of drug-likeness (QED) is 0.924. The molecule has 0 bridgehead atoms. The molecular formula is C14H21BrN2O. The summed E-state index contributed by atoms with van der Waals surface area (Å²) in [4.78, 5) is 2.52. The van der Waals surface area contributed by atoms with E-state index in [1.807, 2.05) is 12.1 Å². The molecule has 1 aromatic rings. The lowest BCUT2D eigenvalue weighted by molar-refractivity contribution is 0.229. The van der Waals surface area contributed by atoms with Gasteiger partial charge in [0.05, 0.1) is 7.11 Å². The summed E-state index contributed by atoms with van der Waals surface area (Å²) in [5.74, 6) is 1.47. The van der Waals surface area contributed by atoms with Crippen molar-refractivity contribution >= 4 is 15.9 Å². The Morgan fingerprint density at radius 2 is 2.11 bits per heavy atom. The fourth-order valence-electron chi connectivity index (χ4n) is 2.47. The molecule has 1 fully saturated rings. The van der Waals surface area contributed by atoms with Crippen molar-refractivity contribution < 1.29 is 4.74 Å². The van der Waals surface area contributed by atoms with E-state index in [2.05, 4.69) is 39.1 Å². The van der Waals surface area contributed by atoms with Crippen LogP contribution in [-0.2, 0) is 0 Å². The first-order valence-electron chi connectivity index (χ1n) is 6.47. The van der Waals surface area contributed by atoms with E-state index in [0.29, 0.717) is 5.92 Å². The number of nitrogens with one attached hydrogen (secondary N) is 1. The lowest BCUT2D eigenvalue weighted by Gasteiger charge is -2.30. The van der Waals surface area contributed by atoms with E-state index in [0.717, 1.165) is 42.9 Å². The molecule has 0 spiro atoms. The van der Waals surface area contributed by atoms with Gasteiger partial charge in [0.1, 0.15) is 5.75 Å². The van der Waals surface area contributed by atoms with Crippen molar-refractivity contribution in [3.63, 3.8) is 0 Å². The summed E-state index contributed by atoms with van der Waals surface area (Å²) in [6.45, 7) is 7.84. The summed E-state index contributed by atoms with van der Waals surface area (Å²) in [7, 11) is 1.74. The third-order valence-electron chi connectivity index (χ3n) is 3.46. The number of hydrogen-bond donors (Lipinski definition) is 1. The van der Waals surface area contributed by atoms with Gasteiger partial charge < -0.3 is 15.0 Å². The van der Waals surface area contributed by atoms with Gasteiger partial charge in [-0.2, -0.15) is 0 Å². The van der Waals surface area contributed by atoms with Crippen LogP contribution < -0.4 is 10.1 Å². The Bertz CT molecular complexity index is 391. The molecule has 1 unspecified atom stereocenters. The maximum atomic E-state index is 5.46. The van der Waals surface area contributed by atoms with Crippen LogP contribution in [0.1, 0.15) is 18.4 Å². The second-order valence-electron chi connectivity index (χ2n) is 4.84. The average molecular weight is 313 g/mol. The third-order valence-corrected chi connectivity index (χ3v) is 3.96. The first-order chi connectivity index (χ1) is 8.70. The summed E-state index contributed by atoms with van der Waals surface area (Å²) in [6.07, 6.45) is 0. The molecule has 1 saturated heterocycles. The number of nitrogens with zero attached hydrogens (tertiary/aromatic N) is 1. The molecule has 3 nitrogen and oxygen atoms in total. The van der Waals surface area contributed by atoms with Gasteiger partial charge >= 0.3 is 0 Å². The van der Waals surface area contributed by atoms with Gasteiger partial charge in [-0.1, -0.05) is 22.9 Å². The molecule has 1 N–H and O–H groups in total. The first kappa shape index (κ1) is 13.8. The Morgan fingerprint density at radius 1 is 1.39 bits per heavy atom. The molecule has 0 aliphatic carbocycles. The molecule has 0 saturated carbocycles. The normalized spacial score (nSPS) is 18.6. The molecule has 1 heterocycles. The predicted octanol–water partition coefficient (Wildman–Crippen LogP) is 2.47. The van der Waals surface area contributed by atoms with E-state index in [1.165, 1.54) is 5.56 Å². The van der Waals surface area contributed by atoms with Crippen molar-refractivity contribution in [2.45, 2.75) is 12.8 Å². The van der Waals surface area contributed by atoms with Crippen LogP contribution in [0.25, 0.3) is 0 Å². The standard InChI is InChI=1S/C14H21BrN2O/c1-11(10-17-7-5-16-6-8-17)13-9-12(15)3-4-14(13)18-2/h3-4,9,11,16H,5-8,10H2,1-2H3. The molecule has 0 aromatic heterocycles. The Morgan fingerprint density at radius 3 is 2.78 bits per heavy atom. The monoisotopic (exact) mass is 312 g/mol. The number of piperazine rings is 1. The summed E-state index contributed by atoms with van der Waals surface area (Å²) < 4.78 is 6.58. The van der Waals surface area contributed by atoms with Crippen LogP contribution in [0.5, 0.6) is 5.75 Å². The highest BCUT2D eigenvalue weighted by atomic mass is 79.9. The Hall–Kier alpha value is -0.580. The molecule has 100 valence electrons. The summed E-state index contributed by atoms with van der Waals surface area (Å²) in [6, 6.07) is 6.24. The third kappa shape index (κ3) is 3.46. The largest absolute Gasteiger partial charge is 0.496 e. The Labute approximate surface area is 118 Å². The zero-order chi connectivity index (χ0) is 13.0. The van der Waals surface area contributed by atoms with Crippen molar-refractivity contribution in [1.29, 1.82) is 0 Å². The van der Waals surface area contributed by atoms with Crippen LogP contribution in [0.3, 0.4) is 0 Å². The van der Waals surface area contributed by atoms with Gasteiger partial charge in [0.15, 0.2) is 0 Å². The fourth-order valence-corrected chi connectivity index (χ4v) is 2.85. The zero-order valence-electron chi connectivity index (χ0n) is 11.1. The van der Waals surface area contributed by atoms with Gasteiger partial charge in [-0.15, -0.1) is 0 Å². The van der Waals surface area contributed by atoms with Crippen molar-refractivity contribution in [2.24, 2.45) is 0 Å². The summed E-state index contributed by atoms with van der Waals surface area (Å²) in [5, 5.41) is 3.39. The number of benzene rings is 1.